The number of nitrogens with zero attached hydrogens (tertiary/aromatic N) is 2. The number of carbonyl (C=O) groups excluding carboxylic acids is 2. The van der Waals surface area contributed by atoms with Crippen LogP contribution in [0.1, 0.15) is 23.1 Å². The Labute approximate surface area is 123 Å². The van der Waals surface area contributed by atoms with E-state index in [9.17, 15) is 14.4 Å². The summed E-state index contributed by atoms with van der Waals surface area (Å²) in [5.41, 5.74) is -0.262. The lowest BCUT2D eigenvalue weighted by atomic mass is 10.3. The van der Waals surface area contributed by atoms with E-state index in [1.165, 1.54) is 22.7 Å². The first kappa shape index (κ1) is 14.9. The van der Waals surface area contributed by atoms with Gasteiger partial charge in [-0.25, -0.2) is 14.6 Å². The fourth-order valence-electron chi connectivity index (χ4n) is 1.57. The number of rotatable bonds is 3. The van der Waals surface area contributed by atoms with Crippen LogP contribution in [0.4, 0.5) is 0 Å². The van der Waals surface area contributed by atoms with Gasteiger partial charge in [-0.2, -0.15) is 0 Å². The van der Waals surface area contributed by atoms with E-state index in [2.05, 4.69) is 16.3 Å². The van der Waals surface area contributed by atoms with Gasteiger partial charge in [0.05, 0.1) is 7.11 Å². The Morgan fingerprint density at radius 2 is 2.10 bits per heavy atom. The Hall–Kier alpha value is -2.48. The number of carbonyl (C=O) groups is 2. The predicted octanol–water partition coefficient (Wildman–Crippen LogP) is 1.33. The Morgan fingerprint density at radius 1 is 1.43 bits per heavy atom. The van der Waals surface area contributed by atoms with Crippen molar-refractivity contribution in [3.05, 3.63) is 39.3 Å². The first-order valence-corrected chi connectivity index (χ1v) is 6.71. The molecule has 8 heteroatoms. The average Bonchev–Trinajstić information content (AvgIpc) is 2.82. The van der Waals surface area contributed by atoms with Crippen LogP contribution in [0.5, 0.6) is 5.75 Å². The van der Waals surface area contributed by atoms with E-state index >= 15 is 0 Å². The molecule has 0 atom stereocenters. The highest BCUT2D eigenvalue weighted by atomic mass is 32.1. The van der Waals surface area contributed by atoms with Crippen LogP contribution in [-0.4, -0.2) is 28.4 Å². The average molecular weight is 308 g/mol. The molecule has 2 rings (SSSR count). The van der Waals surface area contributed by atoms with Crippen LogP contribution in [0, 0.1) is 6.92 Å². The van der Waals surface area contributed by atoms with E-state index < -0.39 is 23.2 Å². The van der Waals surface area contributed by atoms with Crippen LogP contribution in [0.3, 0.4) is 0 Å². The second-order valence-electron chi connectivity index (χ2n) is 4.25. The number of aryl methyl sites for hydroxylation is 1. The summed E-state index contributed by atoms with van der Waals surface area (Å²) in [6.07, 6.45) is 0. The molecule has 0 aromatic carbocycles. The van der Waals surface area contributed by atoms with Crippen LogP contribution in [0.25, 0.3) is 4.96 Å². The summed E-state index contributed by atoms with van der Waals surface area (Å²) < 4.78 is 10.8. The van der Waals surface area contributed by atoms with Gasteiger partial charge in [0.25, 0.3) is 0 Å². The molecule has 0 unspecified atom stereocenters. The highest BCUT2D eigenvalue weighted by Crippen LogP contribution is 2.19. The summed E-state index contributed by atoms with van der Waals surface area (Å²) in [7, 11) is 1.15. The monoisotopic (exact) mass is 308 g/mol. The standard InChI is InChI=1S/C13H12N2O5S/c1-6(2)11(17)20-9-8(12(18)19-4)14-13-15(10(9)16)7(3)5-21-13/h5H,1H2,2-4H3. The summed E-state index contributed by atoms with van der Waals surface area (Å²) in [5.74, 6) is -2.13. The van der Waals surface area contributed by atoms with Crippen LogP contribution in [0.15, 0.2) is 22.3 Å². The minimum Gasteiger partial charge on any atom is -0.464 e. The summed E-state index contributed by atoms with van der Waals surface area (Å²) in [4.78, 5) is 40.2. The van der Waals surface area contributed by atoms with Gasteiger partial charge >= 0.3 is 17.5 Å². The number of methoxy groups -OCH3 is 1. The normalized spacial score (nSPS) is 10.4. The molecule has 0 saturated carbocycles. The SMILES string of the molecule is C=C(C)C(=O)Oc1c(C(=O)OC)nc2scc(C)n2c1=O. The van der Waals surface area contributed by atoms with Crippen molar-refractivity contribution < 1.29 is 19.1 Å². The molecule has 0 spiro atoms. The molecule has 0 fully saturated rings. The number of aromatic nitrogens is 2. The summed E-state index contributed by atoms with van der Waals surface area (Å²) >= 11 is 1.19. The third-order valence-corrected chi connectivity index (χ3v) is 3.56. The predicted molar refractivity (Wildman–Crippen MR) is 75.9 cm³/mol. The zero-order valence-electron chi connectivity index (χ0n) is 11.6. The summed E-state index contributed by atoms with van der Waals surface area (Å²) in [6, 6.07) is 0. The van der Waals surface area contributed by atoms with Crippen molar-refractivity contribution >= 4 is 28.2 Å². The van der Waals surface area contributed by atoms with Crippen molar-refractivity contribution in [3.8, 4) is 5.75 Å². The number of hydrogen-bond donors (Lipinski definition) is 0. The fraction of sp³-hybridized carbons (Fsp3) is 0.231. The molecule has 2 aromatic rings. The molecule has 0 bridgehead atoms. The first-order chi connectivity index (χ1) is 9.86. The van der Waals surface area contributed by atoms with E-state index in [0.29, 0.717) is 10.7 Å². The molecule has 0 aliphatic carbocycles. The minimum absolute atomic E-state index is 0.0948. The fourth-order valence-corrected chi connectivity index (χ4v) is 2.43. The second kappa shape index (κ2) is 5.49. The zero-order chi connectivity index (χ0) is 15.7. The van der Waals surface area contributed by atoms with Crippen LogP contribution in [0.2, 0.25) is 0 Å². The summed E-state index contributed by atoms with van der Waals surface area (Å²) in [5, 5.41) is 1.70. The molecule has 0 aliphatic rings. The van der Waals surface area contributed by atoms with E-state index in [1.807, 2.05) is 0 Å². The zero-order valence-corrected chi connectivity index (χ0v) is 12.4. The highest BCUT2D eigenvalue weighted by molar-refractivity contribution is 7.15. The van der Waals surface area contributed by atoms with Gasteiger partial charge in [0, 0.05) is 16.6 Å². The van der Waals surface area contributed by atoms with Crippen molar-refractivity contribution in [2.75, 3.05) is 7.11 Å². The number of hydrogen-bond acceptors (Lipinski definition) is 7. The molecule has 7 nitrogen and oxygen atoms in total. The van der Waals surface area contributed by atoms with Gasteiger partial charge < -0.3 is 9.47 Å². The maximum atomic E-state index is 12.4. The Bertz CT molecular complexity index is 818. The second-order valence-corrected chi connectivity index (χ2v) is 5.09. The third-order valence-electron chi connectivity index (χ3n) is 2.62. The molecule has 2 aromatic heterocycles. The molecule has 0 amide bonds. The molecular weight excluding hydrogens is 296 g/mol. The largest absolute Gasteiger partial charge is 0.464 e. The van der Waals surface area contributed by atoms with Gasteiger partial charge in [-0.05, 0) is 13.8 Å². The Balaban J connectivity index is 2.74. The van der Waals surface area contributed by atoms with Crippen molar-refractivity contribution in [2.45, 2.75) is 13.8 Å². The number of esters is 2. The molecular formula is C13H12N2O5S. The number of thiazole rings is 1. The minimum atomic E-state index is -0.856. The van der Waals surface area contributed by atoms with Gasteiger partial charge in [-0.1, -0.05) is 6.58 Å². The van der Waals surface area contributed by atoms with Crippen LogP contribution >= 0.6 is 11.3 Å². The quantitative estimate of drug-likeness (QED) is 0.628. The highest BCUT2D eigenvalue weighted by Gasteiger charge is 2.24. The lowest BCUT2D eigenvalue weighted by Gasteiger charge is -2.08. The van der Waals surface area contributed by atoms with Gasteiger partial charge in [0.1, 0.15) is 0 Å². The van der Waals surface area contributed by atoms with E-state index in [4.69, 9.17) is 4.74 Å². The topological polar surface area (TPSA) is 87.0 Å². The molecule has 0 saturated heterocycles. The van der Waals surface area contributed by atoms with Crippen molar-refractivity contribution in [1.82, 2.24) is 9.38 Å². The van der Waals surface area contributed by atoms with Crippen LogP contribution in [-0.2, 0) is 9.53 Å². The van der Waals surface area contributed by atoms with Crippen LogP contribution < -0.4 is 10.3 Å². The van der Waals surface area contributed by atoms with E-state index in [0.717, 1.165) is 7.11 Å². The van der Waals surface area contributed by atoms with Gasteiger partial charge in [0.15, 0.2) is 10.7 Å². The van der Waals surface area contributed by atoms with Crippen molar-refractivity contribution in [3.63, 3.8) is 0 Å². The molecule has 21 heavy (non-hydrogen) atoms. The van der Waals surface area contributed by atoms with Crippen molar-refractivity contribution in [1.29, 1.82) is 0 Å². The smallest absolute Gasteiger partial charge is 0.360 e. The van der Waals surface area contributed by atoms with Gasteiger partial charge in [-0.15, -0.1) is 11.3 Å². The lowest BCUT2D eigenvalue weighted by molar-refractivity contribution is -0.130. The maximum Gasteiger partial charge on any atom is 0.360 e. The number of ether oxygens (including phenoxy) is 2. The summed E-state index contributed by atoms with van der Waals surface area (Å²) in [6.45, 7) is 6.56. The molecule has 2 heterocycles. The lowest BCUT2D eigenvalue weighted by Crippen LogP contribution is -2.25. The molecule has 0 aliphatic heterocycles. The molecule has 0 radical (unpaired) electrons. The van der Waals surface area contributed by atoms with Gasteiger partial charge in [-0.3, -0.25) is 9.20 Å². The third kappa shape index (κ3) is 2.57. The Kier molecular flexibility index (Phi) is 3.90. The van der Waals surface area contributed by atoms with Crippen molar-refractivity contribution in [2.24, 2.45) is 0 Å². The van der Waals surface area contributed by atoms with Gasteiger partial charge in [0.2, 0.25) is 5.75 Å². The number of fused-ring (bicyclic) bond motifs is 1. The molecule has 110 valence electrons. The molecule has 0 N–H and O–H groups in total. The first-order valence-electron chi connectivity index (χ1n) is 5.83. The van der Waals surface area contributed by atoms with E-state index in [1.54, 1.807) is 12.3 Å². The maximum absolute atomic E-state index is 12.4. The Morgan fingerprint density at radius 3 is 2.67 bits per heavy atom. The van der Waals surface area contributed by atoms with E-state index in [-0.39, 0.29) is 11.3 Å².